The van der Waals surface area contributed by atoms with Crippen molar-refractivity contribution in [2.75, 3.05) is 27.3 Å². The fraction of sp³-hybridized carbons (Fsp3) is 0.846. The van der Waals surface area contributed by atoms with Crippen LogP contribution >= 0.6 is 0 Å². The first-order valence-corrected chi connectivity index (χ1v) is 6.73. The van der Waals surface area contributed by atoms with Gasteiger partial charge in [-0.25, -0.2) is 9.59 Å². The number of hydrogen-bond acceptors (Lipinski definition) is 4. The Balaban J connectivity index is 1.91. The van der Waals surface area contributed by atoms with Crippen LogP contribution in [0.4, 0.5) is 9.59 Å². The molecule has 2 N–H and O–H groups in total. The van der Waals surface area contributed by atoms with Crippen molar-refractivity contribution in [3.63, 3.8) is 0 Å². The van der Waals surface area contributed by atoms with Gasteiger partial charge in [-0.2, -0.15) is 0 Å². The van der Waals surface area contributed by atoms with Crippen molar-refractivity contribution in [2.45, 2.75) is 25.7 Å². The zero-order valence-electron chi connectivity index (χ0n) is 11.5. The van der Waals surface area contributed by atoms with Crippen LogP contribution in [0.5, 0.6) is 0 Å². The molecular weight excluding hydrogens is 248 g/mol. The van der Waals surface area contributed by atoms with Crippen LogP contribution in [0.2, 0.25) is 0 Å². The predicted molar refractivity (Wildman–Crippen MR) is 68.7 cm³/mol. The number of alkyl carbamates (subject to hydrolysis) is 2. The van der Waals surface area contributed by atoms with E-state index < -0.39 is 0 Å². The Morgan fingerprint density at radius 2 is 1.89 bits per heavy atom. The number of rotatable bonds is 4. The van der Waals surface area contributed by atoms with E-state index in [2.05, 4.69) is 20.1 Å². The molecule has 3 atom stereocenters. The van der Waals surface area contributed by atoms with Crippen molar-refractivity contribution >= 4 is 12.2 Å². The van der Waals surface area contributed by atoms with E-state index in [0.29, 0.717) is 19.0 Å². The number of ether oxygens (including phenoxy) is 2. The summed E-state index contributed by atoms with van der Waals surface area (Å²) < 4.78 is 9.22. The van der Waals surface area contributed by atoms with E-state index >= 15 is 0 Å². The average molecular weight is 270 g/mol. The number of carbonyl (C=O) groups is 2. The highest BCUT2D eigenvalue weighted by Gasteiger charge is 2.51. The lowest BCUT2D eigenvalue weighted by Crippen LogP contribution is -2.43. The number of hydrogen-bond donors (Lipinski definition) is 2. The highest BCUT2D eigenvalue weighted by Crippen LogP contribution is 2.57. The molecule has 2 amide bonds. The smallest absolute Gasteiger partial charge is 0.406 e. The molecule has 2 aliphatic rings. The maximum Gasteiger partial charge on any atom is 0.406 e. The Kier molecular flexibility index (Phi) is 4.17. The third-order valence-corrected chi connectivity index (χ3v) is 4.68. The van der Waals surface area contributed by atoms with Crippen LogP contribution in [-0.2, 0) is 9.47 Å². The second-order valence-electron chi connectivity index (χ2n) is 5.62. The third kappa shape index (κ3) is 2.93. The molecule has 2 bridgehead atoms. The molecule has 0 aromatic rings. The summed E-state index contributed by atoms with van der Waals surface area (Å²) in [7, 11) is 2.74. The molecular formula is C13H22N2O4. The normalized spacial score (nSPS) is 31.9. The molecule has 2 rings (SSSR count). The first kappa shape index (κ1) is 14.0. The van der Waals surface area contributed by atoms with Crippen LogP contribution in [0.1, 0.15) is 25.7 Å². The SMILES string of the molecule is COC(=O)NCC1CC2CCC1(CNC(=O)OC)C2. The van der Waals surface area contributed by atoms with Gasteiger partial charge in [0.2, 0.25) is 0 Å². The van der Waals surface area contributed by atoms with Gasteiger partial charge in [0, 0.05) is 13.1 Å². The largest absolute Gasteiger partial charge is 0.453 e. The summed E-state index contributed by atoms with van der Waals surface area (Å²) in [4.78, 5) is 22.4. The van der Waals surface area contributed by atoms with E-state index in [9.17, 15) is 9.59 Å². The van der Waals surface area contributed by atoms with Crippen LogP contribution < -0.4 is 10.6 Å². The second-order valence-corrected chi connectivity index (χ2v) is 5.62. The van der Waals surface area contributed by atoms with Crippen LogP contribution in [0.25, 0.3) is 0 Å². The summed E-state index contributed by atoms with van der Waals surface area (Å²) >= 11 is 0. The van der Waals surface area contributed by atoms with E-state index in [1.807, 2.05) is 0 Å². The molecule has 0 saturated heterocycles. The first-order chi connectivity index (χ1) is 9.09. The molecule has 2 saturated carbocycles. The Hall–Kier alpha value is -1.46. The minimum Gasteiger partial charge on any atom is -0.453 e. The average Bonchev–Trinajstić information content (AvgIpc) is 3.00. The van der Waals surface area contributed by atoms with Gasteiger partial charge < -0.3 is 20.1 Å². The quantitative estimate of drug-likeness (QED) is 0.811. The van der Waals surface area contributed by atoms with Crippen LogP contribution in [0.15, 0.2) is 0 Å². The van der Waals surface area contributed by atoms with E-state index in [4.69, 9.17) is 0 Å². The monoisotopic (exact) mass is 270 g/mol. The van der Waals surface area contributed by atoms with Crippen LogP contribution in [0, 0.1) is 17.3 Å². The summed E-state index contributed by atoms with van der Waals surface area (Å²) in [5.74, 6) is 1.13. The number of methoxy groups -OCH3 is 2. The number of carbonyl (C=O) groups excluding carboxylic acids is 2. The van der Waals surface area contributed by atoms with Crippen LogP contribution in [-0.4, -0.2) is 39.5 Å². The highest BCUT2D eigenvalue weighted by atomic mass is 16.5. The molecule has 0 heterocycles. The molecule has 19 heavy (non-hydrogen) atoms. The van der Waals surface area contributed by atoms with Gasteiger partial charge in [-0.3, -0.25) is 0 Å². The van der Waals surface area contributed by atoms with E-state index in [0.717, 1.165) is 25.2 Å². The Labute approximate surface area is 113 Å². The Morgan fingerprint density at radius 3 is 2.53 bits per heavy atom. The lowest BCUT2D eigenvalue weighted by atomic mass is 9.74. The molecule has 6 nitrogen and oxygen atoms in total. The molecule has 3 unspecified atom stereocenters. The van der Waals surface area contributed by atoms with Gasteiger partial charge in [0.15, 0.2) is 0 Å². The molecule has 2 fully saturated rings. The Morgan fingerprint density at radius 1 is 1.21 bits per heavy atom. The van der Waals surface area contributed by atoms with Crippen molar-refractivity contribution < 1.29 is 19.1 Å². The lowest BCUT2D eigenvalue weighted by molar-refractivity contribution is 0.137. The number of nitrogens with one attached hydrogen (secondary N) is 2. The highest BCUT2D eigenvalue weighted by molar-refractivity contribution is 5.67. The van der Waals surface area contributed by atoms with Gasteiger partial charge in [-0.1, -0.05) is 0 Å². The number of fused-ring (bicyclic) bond motifs is 2. The summed E-state index contributed by atoms with van der Waals surface area (Å²) in [5.41, 5.74) is 0.111. The van der Waals surface area contributed by atoms with Gasteiger partial charge in [-0.15, -0.1) is 0 Å². The third-order valence-electron chi connectivity index (χ3n) is 4.68. The topological polar surface area (TPSA) is 76.7 Å². The van der Waals surface area contributed by atoms with E-state index in [-0.39, 0.29) is 17.6 Å². The zero-order valence-corrected chi connectivity index (χ0v) is 11.5. The van der Waals surface area contributed by atoms with Crippen LogP contribution in [0.3, 0.4) is 0 Å². The summed E-state index contributed by atoms with van der Waals surface area (Å²) in [6.45, 7) is 1.25. The molecule has 108 valence electrons. The molecule has 0 radical (unpaired) electrons. The van der Waals surface area contributed by atoms with Gasteiger partial charge >= 0.3 is 12.2 Å². The first-order valence-electron chi connectivity index (χ1n) is 6.73. The maximum absolute atomic E-state index is 11.2. The summed E-state index contributed by atoms with van der Waals surface area (Å²) in [5, 5.41) is 5.60. The zero-order chi connectivity index (χ0) is 13.9. The fourth-order valence-corrected chi connectivity index (χ4v) is 3.70. The van der Waals surface area contributed by atoms with Crippen molar-refractivity contribution in [1.29, 1.82) is 0 Å². The molecule has 6 heteroatoms. The van der Waals surface area contributed by atoms with E-state index in [1.165, 1.54) is 20.6 Å². The molecule has 0 spiro atoms. The van der Waals surface area contributed by atoms with Gasteiger partial charge in [-0.05, 0) is 42.9 Å². The molecule has 2 aliphatic carbocycles. The van der Waals surface area contributed by atoms with Crippen molar-refractivity contribution in [1.82, 2.24) is 10.6 Å². The predicted octanol–water partition coefficient (Wildman–Crippen LogP) is 1.50. The molecule has 0 aromatic heterocycles. The molecule has 0 aliphatic heterocycles. The summed E-state index contributed by atoms with van der Waals surface area (Å²) in [6, 6.07) is 0. The molecule has 0 aromatic carbocycles. The standard InChI is InChI=1S/C13H22N2O4/c1-18-11(16)14-7-10-5-9-3-4-13(10,6-9)8-15-12(17)19-2/h9-10H,3-8H2,1-2H3,(H,14,16)(H,15,17). The number of amides is 2. The summed E-state index contributed by atoms with van der Waals surface area (Å²) in [6.07, 6.45) is 3.80. The van der Waals surface area contributed by atoms with Crippen molar-refractivity contribution in [3.05, 3.63) is 0 Å². The maximum atomic E-state index is 11.2. The lowest BCUT2D eigenvalue weighted by Gasteiger charge is -2.35. The Bertz CT molecular complexity index is 361. The minimum absolute atomic E-state index is 0.111. The van der Waals surface area contributed by atoms with Gasteiger partial charge in [0.25, 0.3) is 0 Å². The second kappa shape index (κ2) is 5.67. The van der Waals surface area contributed by atoms with Crippen molar-refractivity contribution in [3.8, 4) is 0 Å². The van der Waals surface area contributed by atoms with Gasteiger partial charge in [0.1, 0.15) is 0 Å². The fourth-order valence-electron chi connectivity index (χ4n) is 3.70. The van der Waals surface area contributed by atoms with Crippen molar-refractivity contribution in [2.24, 2.45) is 17.3 Å². The van der Waals surface area contributed by atoms with E-state index in [1.54, 1.807) is 0 Å². The van der Waals surface area contributed by atoms with Gasteiger partial charge in [0.05, 0.1) is 14.2 Å². The minimum atomic E-state index is -0.390.